The molecule has 0 bridgehead atoms. The zero-order valence-electron chi connectivity index (χ0n) is 20.0. The molecule has 1 amide bonds. The predicted molar refractivity (Wildman–Crippen MR) is 132 cm³/mol. The quantitative estimate of drug-likeness (QED) is 0.441. The Hall–Kier alpha value is -4.07. The summed E-state index contributed by atoms with van der Waals surface area (Å²) < 4.78 is 13.9. The second-order valence-electron chi connectivity index (χ2n) is 8.04. The number of para-hydroxylation sites is 1. The average molecular weight is 461 g/mol. The number of rotatable bonds is 7. The second-order valence-corrected chi connectivity index (χ2v) is 8.04. The highest BCUT2D eigenvalue weighted by Crippen LogP contribution is 2.30. The van der Waals surface area contributed by atoms with Gasteiger partial charge in [0.1, 0.15) is 17.5 Å². The lowest BCUT2D eigenvalue weighted by Gasteiger charge is -2.21. The van der Waals surface area contributed by atoms with Crippen LogP contribution in [0.2, 0.25) is 0 Å². The fourth-order valence-corrected chi connectivity index (χ4v) is 4.39. The number of aryl methyl sites for hydroxylation is 2. The summed E-state index contributed by atoms with van der Waals surface area (Å²) in [5.41, 5.74) is 2.60. The highest BCUT2D eigenvalue weighted by Gasteiger charge is 2.26. The van der Waals surface area contributed by atoms with Gasteiger partial charge < -0.3 is 19.4 Å². The minimum Gasteiger partial charge on any atom is -0.497 e. The summed E-state index contributed by atoms with van der Waals surface area (Å²) >= 11 is 0. The molecule has 0 aliphatic rings. The number of benzene rings is 2. The molecule has 0 aliphatic carbocycles. The van der Waals surface area contributed by atoms with E-state index in [0.29, 0.717) is 34.7 Å². The maximum atomic E-state index is 13.4. The van der Waals surface area contributed by atoms with Crippen LogP contribution in [0.25, 0.3) is 16.5 Å². The molecular weight excluding hydrogens is 432 g/mol. The van der Waals surface area contributed by atoms with E-state index in [1.165, 1.54) is 4.68 Å². The van der Waals surface area contributed by atoms with Gasteiger partial charge in [0.05, 0.1) is 31.5 Å². The normalized spacial score (nSPS) is 11.9. The van der Waals surface area contributed by atoms with Crippen molar-refractivity contribution in [3.63, 3.8) is 0 Å². The number of methoxy groups -OCH3 is 2. The van der Waals surface area contributed by atoms with E-state index in [2.05, 4.69) is 10.4 Å². The first-order chi connectivity index (χ1) is 16.4. The molecule has 176 valence electrons. The lowest BCUT2D eigenvalue weighted by Crippen LogP contribution is -2.27. The monoisotopic (exact) mass is 460 g/mol. The molecule has 1 N–H and O–H groups in total. The average Bonchev–Trinajstić information content (AvgIpc) is 3.10. The van der Waals surface area contributed by atoms with Crippen molar-refractivity contribution in [3.05, 3.63) is 76.5 Å². The van der Waals surface area contributed by atoms with E-state index in [-0.39, 0.29) is 11.5 Å². The van der Waals surface area contributed by atoms with Crippen LogP contribution in [0.5, 0.6) is 11.5 Å². The third kappa shape index (κ3) is 4.03. The van der Waals surface area contributed by atoms with Gasteiger partial charge in [0.2, 0.25) is 5.91 Å². The highest BCUT2D eigenvalue weighted by atomic mass is 16.5. The Morgan fingerprint density at radius 1 is 1.03 bits per heavy atom. The number of anilines is 1. The van der Waals surface area contributed by atoms with Crippen molar-refractivity contribution in [3.8, 4) is 17.2 Å². The molecule has 0 unspecified atom stereocenters. The van der Waals surface area contributed by atoms with Crippen LogP contribution in [-0.4, -0.2) is 34.5 Å². The highest BCUT2D eigenvalue weighted by molar-refractivity contribution is 5.96. The van der Waals surface area contributed by atoms with Crippen LogP contribution in [0.4, 0.5) is 5.69 Å². The molecular formula is C26H28N4O4. The number of nitrogens with one attached hydrogen (secondary N) is 1. The van der Waals surface area contributed by atoms with Crippen LogP contribution >= 0.6 is 0 Å². The Labute approximate surface area is 197 Å². The standard InChI is InChI=1S/C26H28N4O4/c1-6-23(25(31)28-18-12-20(33-4)14-21(13-18)34-5)29-16(2)22-15-27-30(19-10-8-7-9-11-19)26(32)24(22)17(29)3/h7-15,23H,6H2,1-5H3,(H,28,31)/t23-/m1/s1. The summed E-state index contributed by atoms with van der Waals surface area (Å²) in [7, 11) is 3.12. The molecule has 0 fully saturated rings. The molecule has 34 heavy (non-hydrogen) atoms. The van der Waals surface area contributed by atoms with Gasteiger partial charge in [0.25, 0.3) is 5.56 Å². The molecule has 2 heterocycles. The summed E-state index contributed by atoms with van der Waals surface area (Å²) in [5.74, 6) is 0.962. The molecule has 4 rings (SSSR count). The molecule has 0 spiro atoms. The summed E-state index contributed by atoms with van der Waals surface area (Å²) in [4.78, 5) is 26.8. The number of amides is 1. The van der Waals surface area contributed by atoms with Crippen molar-refractivity contribution in [2.45, 2.75) is 33.2 Å². The number of ether oxygens (including phenoxy) is 2. The first kappa shape index (κ1) is 23.1. The van der Waals surface area contributed by atoms with Crippen molar-refractivity contribution in [1.29, 1.82) is 0 Å². The van der Waals surface area contributed by atoms with Gasteiger partial charge in [0.15, 0.2) is 0 Å². The molecule has 4 aromatic rings. The van der Waals surface area contributed by atoms with E-state index >= 15 is 0 Å². The van der Waals surface area contributed by atoms with Crippen molar-refractivity contribution in [2.24, 2.45) is 0 Å². The maximum Gasteiger partial charge on any atom is 0.281 e. The van der Waals surface area contributed by atoms with Gasteiger partial charge in [-0.3, -0.25) is 9.59 Å². The van der Waals surface area contributed by atoms with Crippen molar-refractivity contribution in [1.82, 2.24) is 14.3 Å². The molecule has 1 atom stereocenters. The predicted octanol–water partition coefficient (Wildman–Crippen LogP) is 4.41. The molecule has 0 radical (unpaired) electrons. The van der Waals surface area contributed by atoms with Crippen LogP contribution in [0.15, 0.2) is 59.5 Å². The van der Waals surface area contributed by atoms with Crippen LogP contribution in [0.1, 0.15) is 30.8 Å². The number of nitrogens with zero attached hydrogens (tertiary/aromatic N) is 3. The third-order valence-corrected chi connectivity index (χ3v) is 6.07. The van der Waals surface area contributed by atoms with Gasteiger partial charge in [0, 0.05) is 40.7 Å². The zero-order chi connectivity index (χ0) is 24.4. The zero-order valence-corrected chi connectivity index (χ0v) is 20.0. The molecule has 8 nitrogen and oxygen atoms in total. The van der Waals surface area contributed by atoms with Gasteiger partial charge in [-0.1, -0.05) is 25.1 Å². The first-order valence-electron chi connectivity index (χ1n) is 11.1. The summed E-state index contributed by atoms with van der Waals surface area (Å²) in [5, 5.41) is 8.66. The Balaban J connectivity index is 1.76. The number of hydrogen-bond acceptors (Lipinski definition) is 5. The van der Waals surface area contributed by atoms with E-state index in [9.17, 15) is 9.59 Å². The molecule has 2 aromatic heterocycles. The van der Waals surface area contributed by atoms with Crippen LogP contribution in [0, 0.1) is 13.8 Å². The fourth-order valence-electron chi connectivity index (χ4n) is 4.39. The SMILES string of the molecule is CC[C@H](C(=O)Nc1cc(OC)cc(OC)c1)n1c(C)c2cnn(-c3ccccc3)c(=O)c2c1C. The van der Waals surface area contributed by atoms with Gasteiger partial charge in [-0.2, -0.15) is 9.78 Å². The van der Waals surface area contributed by atoms with Crippen LogP contribution < -0.4 is 20.3 Å². The second kappa shape index (κ2) is 9.43. The van der Waals surface area contributed by atoms with E-state index in [1.54, 1.807) is 38.6 Å². The molecule has 2 aromatic carbocycles. The smallest absolute Gasteiger partial charge is 0.281 e. The maximum absolute atomic E-state index is 13.4. The van der Waals surface area contributed by atoms with Crippen LogP contribution in [0.3, 0.4) is 0 Å². The van der Waals surface area contributed by atoms with Gasteiger partial charge in [-0.25, -0.2) is 0 Å². The van der Waals surface area contributed by atoms with Crippen molar-refractivity contribution < 1.29 is 14.3 Å². The minimum atomic E-state index is -0.519. The molecule has 0 aliphatic heterocycles. The first-order valence-corrected chi connectivity index (χ1v) is 11.1. The van der Waals surface area contributed by atoms with E-state index < -0.39 is 6.04 Å². The Morgan fingerprint density at radius 3 is 2.26 bits per heavy atom. The Morgan fingerprint density at radius 2 is 1.68 bits per heavy atom. The summed E-state index contributed by atoms with van der Waals surface area (Å²) in [6.45, 7) is 5.73. The third-order valence-electron chi connectivity index (χ3n) is 6.07. The van der Waals surface area contributed by atoms with E-state index in [4.69, 9.17) is 9.47 Å². The largest absolute Gasteiger partial charge is 0.497 e. The molecule has 0 saturated carbocycles. The van der Waals surface area contributed by atoms with E-state index in [0.717, 1.165) is 16.8 Å². The molecule has 0 saturated heterocycles. The van der Waals surface area contributed by atoms with Crippen molar-refractivity contribution in [2.75, 3.05) is 19.5 Å². The number of hydrogen-bond donors (Lipinski definition) is 1. The molecule has 8 heteroatoms. The minimum absolute atomic E-state index is 0.194. The number of fused-ring (bicyclic) bond motifs is 1. The summed E-state index contributed by atoms with van der Waals surface area (Å²) in [6, 6.07) is 14.0. The topological polar surface area (TPSA) is 87.4 Å². The van der Waals surface area contributed by atoms with Crippen LogP contribution in [-0.2, 0) is 4.79 Å². The van der Waals surface area contributed by atoms with E-state index in [1.807, 2.05) is 55.7 Å². The fraction of sp³-hybridized carbons (Fsp3) is 0.269. The number of carbonyl (C=O) groups is 1. The number of carbonyl (C=O) groups excluding carboxylic acids is 1. The van der Waals surface area contributed by atoms with Crippen molar-refractivity contribution >= 4 is 22.4 Å². The lowest BCUT2D eigenvalue weighted by molar-refractivity contribution is -0.119. The number of aromatic nitrogens is 3. The van der Waals surface area contributed by atoms with Gasteiger partial charge >= 0.3 is 0 Å². The lowest BCUT2D eigenvalue weighted by atomic mass is 10.1. The van der Waals surface area contributed by atoms with Gasteiger partial charge in [-0.05, 0) is 32.4 Å². The summed E-state index contributed by atoms with van der Waals surface area (Å²) in [6.07, 6.45) is 2.23. The Bertz CT molecular complexity index is 1380. The Kier molecular flexibility index (Phi) is 6.40. The van der Waals surface area contributed by atoms with Gasteiger partial charge in [-0.15, -0.1) is 0 Å².